The van der Waals surface area contributed by atoms with Crippen LogP contribution >= 0.6 is 11.3 Å². The smallest absolute Gasteiger partial charge is 0.348 e. The van der Waals surface area contributed by atoms with Gasteiger partial charge >= 0.3 is 6.18 Å². The van der Waals surface area contributed by atoms with E-state index in [4.69, 9.17) is 0 Å². The Labute approximate surface area is 211 Å². The highest BCUT2D eigenvalue weighted by molar-refractivity contribution is 7.09. The number of thiazole rings is 1. The van der Waals surface area contributed by atoms with Crippen molar-refractivity contribution in [3.05, 3.63) is 75.7 Å². The molecule has 0 unspecified atom stereocenters. The minimum absolute atomic E-state index is 0.116. The Morgan fingerprint density at radius 3 is 2.31 bits per heavy atom. The second-order valence-electron chi connectivity index (χ2n) is 9.36. The summed E-state index contributed by atoms with van der Waals surface area (Å²) in [6, 6.07) is 12.2. The number of carbonyl (C=O) groups excluding carboxylic acids is 2. The number of likely N-dealkylation sites (tertiary alicyclic amines) is 1. The number of rotatable bonds is 5. The molecule has 2 heterocycles. The maximum Gasteiger partial charge on any atom is 0.416 e. The second-order valence-corrected chi connectivity index (χ2v) is 10.2. The highest BCUT2D eigenvalue weighted by Gasteiger charge is 2.31. The average Bonchev–Trinajstić information content (AvgIpc) is 3.36. The van der Waals surface area contributed by atoms with Gasteiger partial charge in [0.25, 0.3) is 11.8 Å². The Morgan fingerprint density at radius 2 is 1.67 bits per heavy atom. The number of hydrogen-bond acceptors (Lipinski definition) is 4. The quantitative estimate of drug-likeness (QED) is 0.446. The molecule has 2 aromatic carbocycles. The summed E-state index contributed by atoms with van der Waals surface area (Å²) in [5.74, 6) is -0.0622. The summed E-state index contributed by atoms with van der Waals surface area (Å²) in [5.41, 5.74) is 1.39. The van der Waals surface area contributed by atoms with Gasteiger partial charge in [-0.25, -0.2) is 4.98 Å². The van der Waals surface area contributed by atoms with Gasteiger partial charge in [0, 0.05) is 36.0 Å². The molecule has 1 saturated carbocycles. The van der Waals surface area contributed by atoms with Gasteiger partial charge in [0.15, 0.2) is 0 Å². The van der Waals surface area contributed by atoms with E-state index in [0.29, 0.717) is 35.5 Å². The predicted molar refractivity (Wildman–Crippen MR) is 132 cm³/mol. The summed E-state index contributed by atoms with van der Waals surface area (Å²) in [6.45, 7) is 1.10. The van der Waals surface area contributed by atoms with Crippen LogP contribution in [0.3, 0.4) is 0 Å². The van der Waals surface area contributed by atoms with Crippen LogP contribution in [-0.4, -0.2) is 40.8 Å². The molecule has 5 nitrogen and oxygen atoms in total. The van der Waals surface area contributed by atoms with Crippen LogP contribution < -0.4 is 5.32 Å². The van der Waals surface area contributed by atoms with E-state index in [1.807, 2.05) is 0 Å². The molecule has 1 saturated heterocycles. The fraction of sp³-hybridized carbons (Fsp3) is 0.370. The first-order valence-electron chi connectivity index (χ1n) is 12.1. The van der Waals surface area contributed by atoms with Crippen molar-refractivity contribution in [3.8, 4) is 11.1 Å². The summed E-state index contributed by atoms with van der Waals surface area (Å²) >= 11 is 1.49. The van der Waals surface area contributed by atoms with E-state index >= 15 is 0 Å². The number of alkyl halides is 3. The molecule has 0 bridgehead atoms. The van der Waals surface area contributed by atoms with Crippen LogP contribution in [0.5, 0.6) is 0 Å². The fourth-order valence-electron chi connectivity index (χ4n) is 4.65. The Balaban J connectivity index is 1.24. The molecule has 1 aliphatic heterocycles. The summed E-state index contributed by atoms with van der Waals surface area (Å²) in [4.78, 5) is 32.1. The molecule has 9 heteroatoms. The Morgan fingerprint density at radius 1 is 0.972 bits per heavy atom. The minimum Gasteiger partial charge on any atom is -0.348 e. The number of nitrogens with one attached hydrogen (secondary N) is 1. The number of aromatic nitrogens is 1. The Bertz CT molecular complexity index is 1240. The van der Waals surface area contributed by atoms with Crippen LogP contribution in [0.4, 0.5) is 13.2 Å². The molecule has 36 heavy (non-hydrogen) atoms. The molecule has 1 aromatic heterocycles. The van der Waals surface area contributed by atoms with Crippen molar-refractivity contribution in [3.63, 3.8) is 0 Å². The molecule has 2 amide bonds. The third-order valence-corrected chi connectivity index (χ3v) is 8.01. The molecule has 1 aliphatic carbocycles. The van der Waals surface area contributed by atoms with E-state index in [1.54, 1.807) is 34.5 Å². The van der Waals surface area contributed by atoms with Crippen LogP contribution in [0.2, 0.25) is 0 Å². The lowest BCUT2D eigenvalue weighted by atomic mass is 9.93. The summed E-state index contributed by atoms with van der Waals surface area (Å²) in [7, 11) is 0. The van der Waals surface area contributed by atoms with Gasteiger partial charge in [0.2, 0.25) is 0 Å². The minimum atomic E-state index is -4.41. The normalized spacial score (nSPS) is 17.0. The average molecular weight is 514 g/mol. The van der Waals surface area contributed by atoms with Crippen LogP contribution in [-0.2, 0) is 6.18 Å². The first kappa shape index (κ1) is 24.5. The molecule has 2 aliphatic rings. The van der Waals surface area contributed by atoms with Crippen LogP contribution in [0.25, 0.3) is 11.1 Å². The third kappa shape index (κ3) is 5.16. The number of amides is 2. The van der Waals surface area contributed by atoms with Gasteiger partial charge in [0.1, 0.15) is 5.69 Å². The molecular formula is C27H26F3N3O2S. The van der Waals surface area contributed by atoms with Crippen molar-refractivity contribution < 1.29 is 22.8 Å². The molecule has 5 rings (SSSR count). The molecule has 0 spiro atoms. The number of piperidine rings is 1. The summed E-state index contributed by atoms with van der Waals surface area (Å²) < 4.78 is 38.9. The van der Waals surface area contributed by atoms with Crippen LogP contribution in [0.1, 0.15) is 69.4 Å². The third-order valence-electron chi connectivity index (χ3n) is 7.01. The van der Waals surface area contributed by atoms with Gasteiger partial charge in [0.05, 0.1) is 10.6 Å². The summed E-state index contributed by atoms with van der Waals surface area (Å²) in [6.07, 6.45) is 0.279. The standard InChI is InChI=1S/C27H26F3N3O2S/c28-27(29,30)19-10-8-17(9-11-19)21-6-1-2-7-22(21)26(35)33-14-12-18(13-15-33)25-32-23(16-36-25)24(34)31-20-4-3-5-20/h1-2,6-11,16,18,20H,3-5,12-15H2,(H,31,34). The van der Waals surface area contributed by atoms with Gasteiger partial charge in [-0.2, -0.15) is 13.2 Å². The van der Waals surface area contributed by atoms with Crippen molar-refractivity contribution in [2.45, 2.75) is 50.2 Å². The number of nitrogens with zero attached hydrogens (tertiary/aromatic N) is 2. The van der Waals surface area contributed by atoms with E-state index in [2.05, 4.69) is 10.3 Å². The second kappa shape index (κ2) is 10.0. The molecule has 0 radical (unpaired) electrons. The monoisotopic (exact) mass is 513 g/mol. The van der Waals surface area contributed by atoms with E-state index in [0.717, 1.165) is 49.2 Å². The van der Waals surface area contributed by atoms with E-state index in [1.165, 1.54) is 23.5 Å². The van der Waals surface area contributed by atoms with Gasteiger partial charge in [-0.05, 0) is 61.4 Å². The van der Waals surface area contributed by atoms with Crippen molar-refractivity contribution in [2.24, 2.45) is 0 Å². The number of benzene rings is 2. The lowest BCUT2D eigenvalue weighted by Gasteiger charge is -2.31. The lowest BCUT2D eigenvalue weighted by molar-refractivity contribution is -0.137. The van der Waals surface area contributed by atoms with E-state index in [9.17, 15) is 22.8 Å². The lowest BCUT2D eigenvalue weighted by Crippen LogP contribution is -2.39. The van der Waals surface area contributed by atoms with Crippen molar-refractivity contribution in [2.75, 3.05) is 13.1 Å². The SMILES string of the molecule is O=C(NC1CCC1)c1csc(C2CCN(C(=O)c3ccccc3-c3ccc(C(F)(F)F)cc3)CC2)n1. The van der Waals surface area contributed by atoms with E-state index < -0.39 is 11.7 Å². The van der Waals surface area contributed by atoms with Crippen LogP contribution in [0.15, 0.2) is 53.9 Å². The largest absolute Gasteiger partial charge is 0.416 e. The Kier molecular flexibility index (Phi) is 6.83. The predicted octanol–water partition coefficient (Wildman–Crippen LogP) is 6.13. The molecule has 3 aromatic rings. The zero-order valence-electron chi connectivity index (χ0n) is 19.6. The molecular weight excluding hydrogens is 487 g/mol. The fourth-order valence-corrected chi connectivity index (χ4v) is 5.62. The first-order chi connectivity index (χ1) is 17.3. The molecule has 2 fully saturated rings. The molecule has 188 valence electrons. The van der Waals surface area contributed by atoms with Gasteiger partial charge in [-0.1, -0.05) is 30.3 Å². The maximum atomic E-state index is 13.4. The van der Waals surface area contributed by atoms with Gasteiger partial charge < -0.3 is 10.2 Å². The zero-order valence-corrected chi connectivity index (χ0v) is 20.4. The highest BCUT2D eigenvalue weighted by atomic mass is 32.1. The maximum absolute atomic E-state index is 13.4. The highest BCUT2D eigenvalue weighted by Crippen LogP contribution is 2.34. The van der Waals surface area contributed by atoms with Gasteiger partial charge in [-0.15, -0.1) is 11.3 Å². The van der Waals surface area contributed by atoms with Crippen molar-refractivity contribution >= 4 is 23.2 Å². The van der Waals surface area contributed by atoms with Gasteiger partial charge in [-0.3, -0.25) is 9.59 Å². The van der Waals surface area contributed by atoms with Crippen LogP contribution in [0, 0.1) is 0 Å². The number of halogens is 3. The first-order valence-corrected chi connectivity index (χ1v) is 13.0. The summed E-state index contributed by atoms with van der Waals surface area (Å²) in [5, 5.41) is 5.74. The van der Waals surface area contributed by atoms with E-state index in [-0.39, 0.29) is 23.8 Å². The topological polar surface area (TPSA) is 62.3 Å². The number of hydrogen-bond donors (Lipinski definition) is 1. The number of carbonyl (C=O) groups is 2. The Hall–Kier alpha value is -3.20. The molecule has 0 atom stereocenters. The zero-order chi connectivity index (χ0) is 25.3. The van der Waals surface area contributed by atoms with Crippen molar-refractivity contribution in [1.82, 2.24) is 15.2 Å². The molecule has 1 N–H and O–H groups in total. The van der Waals surface area contributed by atoms with Crippen molar-refractivity contribution in [1.29, 1.82) is 0 Å².